The van der Waals surface area contributed by atoms with Crippen LogP contribution >= 0.6 is 0 Å². The molecule has 0 rings (SSSR count). The van der Waals surface area contributed by atoms with E-state index in [1.165, 1.54) is 141 Å². The summed E-state index contributed by atoms with van der Waals surface area (Å²) in [6.07, 6.45) is 34.6. The fourth-order valence-electron chi connectivity index (χ4n) is 4.59. The van der Waals surface area contributed by atoms with Crippen molar-refractivity contribution in [3.63, 3.8) is 0 Å². The molecule has 0 aromatic heterocycles. The average Bonchev–Trinajstić information content (AvgIpc) is 2.94. The van der Waals surface area contributed by atoms with Gasteiger partial charge in [0.25, 0.3) is 0 Å². The normalized spacial score (nSPS) is 10.4. The summed E-state index contributed by atoms with van der Waals surface area (Å²) in [6, 6.07) is 0. The minimum Gasteiger partial charge on any atom is -0.481 e. The molecule has 40 heavy (non-hydrogen) atoms. The van der Waals surface area contributed by atoms with E-state index in [4.69, 9.17) is 20.4 Å². The molecule has 0 aliphatic carbocycles. The van der Waals surface area contributed by atoms with E-state index in [0.29, 0.717) is 12.8 Å². The highest BCUT2D eigenvalue weighted by Crippen LogP contribution is 2.14. The first-order valence-electron chi connectivity index (χ1n) is 17.1. The lowest BCUT2D eigenvalue weighted by Crippen LogP contribution is -1.93. The maximum Gasteiger partial charge on any atom is 0.303 e. The summed E-state index contributed by atoms with van der Waals surface area (Å²) < 4.78 is 0. The van der Waals surface area contributed by atoms with Gasteiger partial charge in [0.1, 0.15) is 0 Å². The minimum absolute atomic E-state index is 0.125. The topological polar surface area (TPSA) is 115 Å². The first kappa shape index (κ1) is 43.3. The molecule has 0 amide bonds. The van der Waals surface area contributed by atoms with Crippen molar-refractivity contribution >= 4 is 11.9 Å². The zero-order chi connectivity index (χ0) is 30.4. The Kier molecular flexibility index (Phi) is 45.8. The smallest absolute Gasteiger partial charge is 0.303 e. The third-order valence-electron chi connectivity index (χ3n) is 7.09. The molecular formula is C34H70O6. The lowest BCUT2D eigenvalue weighted by Gasteiger charge is -2.03. The Morgan fingerprint density at radius 1 is 0.350 bits per heavy atom. The molecule has 0 atom stereocenters. The molecule has 4 N–H and O–H groups in total. The van der Waals surface area contributed by atoms with Gasteiger partial charge in [0.2, 0.25) is 0 Å². The zero-order valence-corrected chi connectivity index (χ0v) is 26.8. The van der Waals surface area contributed by atoms with Gasteiger partial charge in [-0.2, -0.15) is 0 Å². The number of aliphatic hydroxyl groups is 2. The van der Waals surface area contributed by atoms with E-state index in [9.17, 15) is 9.59 Å². The van der Waals surface area contributed by atoms with E-state index in [1.807, 2.05) is 0 Å². The standard InChI is InChI=1S/C18H36O2.C14H28O2.C2H6O2/c1-2-3-4-5-6-7-8-9-10-11-12-13-14-15-16-17-18(19)20;1-2-3-4-5-6-7-8-9-10-11-12-13-14(15)16;3-1-2-4/h2-17H2,1H3,(H,19,20);2-13H2,1H3,(H,15,16);3-4H,1-2H2. The van der Waals surface area contributed by atoms with Crippen LogP contribution in [0.15, 0.2) is 0 Å². The molecule has 0 fully saturated rings. The summed E-state index contributed by atoms with van der Waals surface area (Å²) in [4.78, 5) is 20.6. The number of aliphatic carboxylic acids is 2. The Hall–Kier alpha value is -1.14. The first-order valence-corrected chi connectivity index (χ1v) is 17.1. The fourth-order valence-corrected chi connectivity index (χ4v) is 4.59. The molecule has 0 aromatic rings. The molecule has 0 aliphatic heterocycles. The van der Waals surface area contributed by atoms with Crippen molar-refractivity contribution in [3.05, 3.63) is 0 Å². The van der Waals surface area contributed by atoms with Crippen molar-refractivity contribution in [2.75, 3.05) is 13.2 Å². The molecule has 6 heteroatoms. The van der Waals surface area contributed by atoms with Crippen LogP contribution in [0.2, 0.25) is 0 Å². The van der Waals surface area contributed by atoms with Gasteiger partial charge in [-0.05, 0) is 12.8 Å². The minimum atomic E-state index is -0.657. The molecule has 0 unspecified atom stereocenters. The number of aliphatic hydroxyl groups excluding tert-OH is 2. The van der Waals surface area contributed by atoms with Gasteiger partial charge in [-0.15, -0.1) is 0 Å². The largest absolute Gasteiger partial charge is 0.481 e. The molecule has 0 bridgehead atoms. The predicted molar refractivity (Wildman–Crippen MR) is 170 cm³/mol. The van der Waals surface area contributed by atoms with Crippen LogP contribution < -0.4 is 0 Å². The Labute approximate surface area is 248 Å². The van der Waals surface area contributed by atoms with E-state index >= 15 is 0 Å². The van der Waals surface area contributed by atoms with E-state index in [0.717, 1.165) is 25.7 Å². The highest BCUT2D eigenvalue weighted by molar-refractivity contribution is 5.66. The van der Waals surface area contributed by atoms with Crippen molar-refractivity contribution in [2.24, 2.45) is 0 Å². The quantitative estimate of drug-likeness (QED) is 0.0661. The number of rotatable bonds is 29. The predicted octanol–water partition coefficient (Wildman–Crippen LogP) is 10.1. The van der Waals surface area contributed by atoms with Gasteiger partial charge in [-0.3, -0.25) is 9.59 Å². The van der Waals surface area contributed by atoms with Gasteiger partial charge in [-0.25, -0.2) is 0 Å². The average molecular weight is 575 g/mol. The summed E-state index contributed by atoms with van der Waals surface area (Å²) in [5, 5.41) is 32.2. The molecule has 0 saturated carbocycles. The maximum absolute atomic E-state index is 10.3. The van der Waals surface area contributed by atoms with Gasteiger partial charge in [0.05, 0.1) is 13.2 Å². The van der Waals surface area contributed by atoms with Crippen LogP contribution in [0.1, 0.15) is 194 Å². The molecule has 0 aromatic carbocycles. The summed E-state index contributed by atoms with van der Waals surface area (Å²) in [6.45, 7) is 4.27. The fraction of sp³-hybridized carbons (Fsp3) is 0.941. The van der Waals surface area contributed by atoms with Crippen molar-refractivity contribution in [3.8, 4) is 0 Å². The number of hydrogen-bond donors (Lipinski definition) is 4. The number of carboxylic acid groups (broad SMARTS) is 2. The Bertz CT molecular complexity index is 467. The second kappa shape index (κ2) is 42.3. The molecule has 0 aliphatic rings. The van der Waals surface area contributed by atoms with Gasteiger partial charge in [0.15, 0.2) is 0 Å². The second-order valence-electron chi connectivity index (χ2n) is 11.2. The van der Waals surface area contributed by atoms with Crippen LogP contribution in [0.25, 0.3) is 0 Å². The molecule has 6 nitrogen and oxygen atoms in total. The van der Waals surface area contributed by atoms with Gasteiger partial charge >= 0.3 is 11.9 Å². The number of unbranched alkanes of at least 4 members (excludes halogenated alkanes) is 24. The van der Waals surface area contributed by atoms with Crippen LogP contribution in [0.4, 0.5) is 0 Å². The zero-order valence-electron chi connectivity index (χ0n) is 26.8. The highest BCUT2D eigenvalue weighted by Gasteiger charge is 1.98. The van der Waals surface area contributed by atoms with E-state index in [2.05, 4.69) is 13.8 Å². The van der Waals surface area contributed by atoms with Gasteiger partial charge in [-0.1, -0.05) is 168 Å². The van der Waals surface area contributed by atoms with Crippen LogP contribution in [-0.2, 0) is 9.59 Å². The van der Waals surface area contributed by atoms with Gasteiger partial charge < -0.3 is 20.4 Å². The van der Waals surface area contributed by atoms with Crippen molar-refractivity contribution in [1.82, 2.24) is 0 Å². The first-order chi connectivity index (χ1) is 19.5. The van der Waals surface area contributed by atoms with Crippen molar-refractivity contribution in [1.29, 1.82) is 0 Å². The summed E-state index contributed by atoms with van der Waals surface area (Å²) in [7, 11) is 0. The van der Waals surface area contributed by atoms with Crippen molar-refractivity contribution < 1.29 is 30.0 Å². The van der Waals surface area contributed by atoms with Crippen LogP contribution in [0.3, 0.4) is 0 Å². The lowest BCUT2D eigenvalue weighted by molar-refractivity contribution is -0.138. The Morgan fingerprint density at radius 2 is 0.525 bits per heavy atom. The van der Waals surface area contributed by atoms with Crippen LogP contribution in [0, 0.1) is 0 Å². The Morgan fingerprint density at radius 3 is 0.675 bits per heavy atom. The Balaban J connectivity index is -0.000000614. The molecule has 0 heterocycles. The molecular weight excluding hydrogens is 504 g/mol. The highest BCUT2D eigenvalue weighted by atomic mass is 16.4. The number of carbonyl (C=O) groups is 2. The number of hydrogen-bond acceptors (Lipinski definition) is 4. The third-order valence-corrected chi connectivity index (χ3v) is 7.09. The van der Waals surface area contributed by atoms with E-state index in [-0.39, 0.29) is 13.2 Å². The lowest BCUT2D eigenvalue weighted by atomic mass is 10.0. The second-order valence-corrected chi connectivity index (χ2v) is 11.2. The van der Waals surface area contributed by atoms with Crippen molar-refractivity contribution in [2.45, 2.75) is 194 Å². The van der Waals surface area contributed by atoms with Crippen LogP contribution in [0.5, 0.6) is 0 Å². The third kappa shape index (κ3) is 53.2. The molecule has 0 spiro atoms. The monoisotopic (exact) mass is 575 g/mol. The summed E-state index contributed by atoms with van der Waals surface area (Å²) in [5.41, 5.74) is 0. The molecule has 0 radical (unpaired) electrons. The molecule has 242 valence electrons. The maximum atomic E-state index is 10.3. The van der Waals surface area contributed by atoms with E-state index < -0.39 is 11.9 Å². The van der Waals surface area contributed by atoms with E-state index in [1.54, 1.807) is 0 Å². The van der Waals surface area contributed by atoms with Gasteiger partial charge in [0, 0.05) is 12.8 Å². The molecule has 0 saturated heterocycles. The number of carboxylic acids is 2. The summed E-state index contributed by atoms with van der Waals surface area (Å²) >= 11 is 0. The SMILES string of the molecule is CCCCCCCCCCCCCC(=O)O.CCCCCCCCCCCCCCCCCC(=O)O.OCCO. The van der Waals surface area contributed by atoms with Crippen LogP contribution in [-0.4, -0.2) is 45.6 Å². The summed E-state index contributed by atoms with van der Waals surface area (Å²) in [5.74, 6) is -1.31.